The molecule has 7 heteroatoms. The van der Waals surface area contributed by atoms with Crippen LogP contribution < -0.4 is 0 Å². The number of aromatic nitrogens is 1. The minimum absolute atomic E-state index is 0.569. The summed E-state index contributed by atoms with van der Waals surface area (Å²) in [7, 11) is 0. The molecule has 1 aromatic heterocycles. The van der Waals surface area contributed by atoms with Crippen LogP contribution in [-0.4, -0.2) is 22.2 Å². The lowest BCUT2D eigenvalue weighted by Crippen LogP contribution is -2.55. The SMILES string of the molecule is O[C@](c1ccccc1)(c1cccnc1)C(F)(F)C(F)(F)F. The summed E-state index contributed by atoms with van der Waals surface area (Å²) < 4.78 is 66.2. The standard InChI is InChI=1S/C14H10F5NO/c15-13(16,14(17,18)19)12(21,10-5-2-1-3-6-10)11-7-4-8-20-9-11/h1-9,21H/t12-/m1/s1. The van der Waals surface area contributed by atoms with Crippen molar-refractivity contribution in [2.45, 2.75) is 17.7 Å². The lowest BCUT2D eigenvalue weighted by Gasteiger charge is -2.37. The van der Waals surface area contributed by atoms with Crippen molar-refractivity contribution in [3.63, 3.8) is 0 Å². The van der Waals surface area contributed by atoms with E-state index in [-0.39, 0.29) is 0 Å². The second-order valence-corrected chi connectivity index (χ2v) is 4.39. The first-order valence-corrected chi connectivity index (χ1v) is 5.84. The van der Waals surface area contributed by atoms with E-state index in [1.165, 1.54) is 30.5 Å². The molecule has 0 aliphatic heterocycles. The molecule has 2 aromatic rings. The molecule has 1 N–H and O–H groups in total. The summed E-state index contributed by atoms with van der Waals surface area (Å²) in [5, 5.41) is 10.3. The van der Waals surface area contributed by atoms with Crippen molar-refractivity contribution in [2.24, 2.45) is 0 Å². The Morgan fingerprint density at radius 1 is 0.810 bits per heavy atom. The molecule has 112 valence electrons. The maximum absolute atomic E-state index is 13.9. The second kappa shape index (κ2) is 5.07. The number of benzene rings is 1. The summed E-state index contributed by atoms with van der Waals surface area (Å²) in [6.45, 7) is 0. The summed E-state index contributed by atoms with van der Waals surface area (Å²) in [6, 6.07) is 8.14. The summed E-state index contributed by atoms with van der Waals surface area (Å²) in [5.74, 6) is -5.38. The molecule has 21 heavy (non-hydrogen) atoms. The maximum Gasteiger partial charge on any atom is 0.457 e. The third kappa shape index (κ3) is 2.37. The van der Waals surface area contributed by atoms with Crippen LogP contribution in [0.2, 0.25) is 0 Å². The van der Waals surface area contributed by atoms with Gasteiger partial charge < -0.3 is 5.11 Å². The predicted octanol–water partition coefficient (Wildman–Crippen LogP) is 3.52. The van der Waals surface area contributed by atoms with Crippen LogP contribution in [0.25, 0.3) is 0 Å². The van der Waals surface area contributed by atoms with E-state index in [0.717, 1.165) is 24.4 Å². The average molecular weight is 303 g/mol. The van der Waals surface area contributed by atoms with E-state index in [1.807, 2.05) is 0 Å². The number of nitrogens with zero attached hydrogens (tertiary/aromatic N) is 1. The Morgan fingerprint density at radius 3 is 1.86 bits per heavy atom. The molecule has 1 aromatic carbocycles. The second-order valence-electron chi connectivity index (χ2n) is 4.39. The molecule has 0 bridgehead atoms. The molecule has 0 aliphatic carbocycles. The van der Waals surface area contributed by atoms with E-state index in [0.29, 0.717) is 0 Å². The van der Waals surface area contributed by atoms with Gasteiger partial charge in [0.15, 0.2) is 5.60 Å². The van der Waals surface area contributed by atoms with Crippen molar-refractivity contribution in [3.05, 3.63) is 66.0 Å². The summed E-state index contributed by atoms with van der Waals surface area (Å²) in [4.78, 5) is 3.51. The molecule has 0 fully saturated rings. The van der Waals surface area contributed by atoms with Gasteiger partial charge in [0, 0.05) is 18.0 Å². The fourth-order valence-corrected chi connectivity index (χ4v) is 1.99. The van der Waals surface area contributed by atoms with Gasteiger partial charge in [-0.05, 0) is 11.6 Å². The minimum atomic E-state index is -5.92. The van der Waals surface area contributed by atoms with Crippen molar-refractivity contribution in [1.29, 1.82) is 0 Å². The zero-order valence-corrected chi connectivity index (χ0v) is 10.5. The Morgan fingerprint density at radius 2 is 1.38 bits per heavy atom. The van der Waals surface area contributed by atoms with Crippen LogP contribution in [0.3, 0.4) is 0 Å². The van der Waals surface area contributed by atoms with E-state index >= 15 is 0 Å². The van der Waals surface area contributed by atoms with Crippen LogP contribution in [-0.2, 0) is 5.60 Å². The lowest BCUT2D eigenvalue weighted by molar-refractivity contribution is -0.336. The topological polar surface area (TPSA) is 33.1 Å². The monoisotopic (exact) mass is 303 g/mol. The third-order valence-electron chi connectivity index (χ3n) is 3.08. The fraction of sp³-hybridized carbons (Fsp3) is 0.214. The Hall–Kier alpha value is -2.02. The molecule has 0 saturated heterocycles. The highest BCUT2D eigenvalue weighted by molar-refractivity contribution is 5.38. The number of pyridine rings is 1. The summed E-state index contributed by atoms with van der Waals surface area (Å²) in [6.07, 6.45) is -3.93. The van der Waals surface area contributed by atoms with Crippen molar-refractivity contribution < 1.29 is 27.1 Å². The largest absolute Gasteiger partial charge is 0.457 e. The number of hydrogen-bond acceptors (Lipinski definition) is 2. The maximum atomic E-state index is 13.9. The Labute approximate surface area is 116 Å². The average Bonchev–Trinajstić information content (AvgIpc) is 2.47. The summed E-state index contributed by atoms with van der Waals surface area (Å²) in [5.41, 5.74) is -4.76. The number of hydrogen-bond donors (Lipinski definition) is 1. The van der Waals surface area contributed by atoms with Gasteiger partial charge in [-0.1, -0.05) is 36.4 Å². The quantitative estimate of drug-likeness (QED) is 0.880. The third-order valence-corrected chi connectivity index (χ3v) is 3.08. The van der Waals surface area contributed by atoms with Crippen molar-refractivity contribution in [2.75, 3.05) is 0 Å². The molecule has 2 nitrogen and oxygen atoms in total. The van der Waals surface area contributed by atoms with E-state index in [4.69, 9.17) is 0 Å². The molecular weight excluding hydrogens is 293 g/mol. The van der Waals surface area contributed by atoms with Crippen LogP contribution >= 0.6 is 0 Å². The number of halogens is 5. The van der Waals surface area contributed by atoms with E-state index in [2.05, 4.69) is 4.98 Å². The number of rotatable bonds is 3. The van der Waals surface area contributed by atoms with Crippen LogP contribution in [0.15, 0.2) is 54.9 Å². The molecular formula is C14H10F5NO. The first-order chi connectivity index (χ1) is 9.71. The zero-order chi connectivity index (χ0) is 15.7. The number of alkyl halides is 5. The normalized spacial score (nSPS) is 15.5. The Bertz CT molecular complexity index is 558. The molecule has 0 unspecified atom stereocenters. The smallest absolute Gasteiger partial charge is 0.374 e. The highest BCUT2D eigenvalue weighted by atomic mass is 19.4. The van der Waals surface area contributed by atoms with Crippen molar-refractivity contribution in [3.8, 4) is 0 Å². The molecule has 1 atom stereocenters. The van der Waals surface area contributed by atoms with Crippen LogP contribution in [0, 0.1) is 0 Å². The molecule has 2 rings (SSSR count). The van der Waals surface area contributed by atoms with Gasteiger partial charge in [0.05, 0.1) is 0 Å². The molecule has 0 aliphatic rings. The van der Waals surface area contributed by atoms with E-state index in [9.17, 15) is 27.1 Å². The van der Waals surface area contributed by atoms with Gasteiger partial charge in [-0.15, -0.1) is 0 Å². The molecule has 1 heterocycles. The van der Waals surface area contributed by atoms with Gasteiger partial charge in [0.25, 0.3) is 0 Å². The molecule has 0 radical (unpaired) electrons. The lowest BCUT2D eigenvalue weighted by atomic mass is 9.81. The van der Waals surface area contributed by atoms with Gasteiger partial charge in [0.2, 0.25) is 0 Å². The van der Waals surface area contributed by atoms with Crippen molar-refractivity contribution >= 4 is 0 Å². The molecule has 0 amide bonds. The van der Waals surface area contributed by atoms with Gasteiger partial charge >= 0.3 is 12.1 Å². The van der Waals surface area contributed by atoms with E-state index < -0.39 is 28.8 Å². The van der Waals surface area contributed by atoms with Gasteiger partial charge in [0.1, 0.15) is 0 Å². The van der Waals surface area contributed by atoms with E-state index in [1.54, 1.807) is 0 Å². The molecule has 0 saturated carbocycles. The highest BCUT2D eigenvalue weighted by Crippen LogP contribution is 2.51. The molecule has 0 spiro atoms. The zero-order valence-electron chi connectivity index (χ0n) is 10.5. The van der Waals surface area contributed by atoms with Crippen molar-refractivity contribution in [1.82, 2.24) is 4.98 Å². The van der Waals surface area contributed by atoms with Crippen LogP contribution in [0.4, 0.5) is 22.0 Å². The van der Waals surface area contributed by atoms with Gasteiger partial charge in [-0.2, -0.15) is 22.0 Å². The first kappa shape index (κ1) is 15.4. The van der Waals surface area contributed by atoms with Crippen LogP contribution in [0.5, 0.6) is 0 Å². The van der Waals surface area contributed by atoms with Gasteiger partial charge in [-0.3, -0.25) is 4.98 Å². The summed E-state index contributed by atoms with van der Waals surface area (Å²) >= 11 is 0. The minimum Gasteiger partial charge on any atom is -0.374 e. The Kier molecular flexibility index (Phi) is 3.71. The fourth-order valence-electron chi connectivity index (χ4n) is 1.99. The van der Waals surface area contributed by atoms with Gasteiger partial charge in [-0.25, -0.2) is 0 Å². The Balaban J connectivity index is 2.73. The van der Waals surface area contributed by atoms with Crippen LogP contribution in [0.1, 0.15) is 11.1 Å². The first-order valence-electron chi connectivity index (χ1n) is 5.84. The number of aliphatic hydroxyl groups is 1. The predicted molar refractivity (Wildman–Crippen MR) is 64.7 cm³/mol. The highest BCUT2D eigenvalue weighted by Gasteiger charge is 2.71.